The van der Waals surface area contributed by atoms with Crippen molar-refractivity contribution in [1.82, 2.24) is 30.0 Å². The van der Waals surface area contributed by atoms with Gasteiger partial charge in [0.25, 0.3) is 0 Å². The van der Waals surface area contributed by atoms with Gasteiger partial charge in [-0.3, -0.25) is 14.9 Å². The Bertz CT molecular complexity index is 829. The Morgan fingerprint density at radius 2 is 1.88 bits per heavy atom. The van der Waals surface area contributed by atoms with Gasteiger partial charge in [0, 0.05) is 31.4 Å². The van der Waals surface area contributed by atoms with Gasteiger partial charge in [-0.2, -0.15) is 5.10 Å². The van der Waals surface area contributed by atoms with Crippen molar-refractivity contribution in [2.24, 2.45) is 0 Å². The van der Waals surface area contributed by atoms with E-state index >= 15 is 0 Å². The molecule has 0 spiro atoms. The zero-order valence-electron chi connectivity index (χ0n) is 15.1. The summed E-state index contributed by atoms with van der Waals surface area (Å²) < 4.78 is 1.88. The number of rotatable bonds is 4. The van der Waals surface area contributed by atoms with Crippen molar-refractivity contribution in [2.75, 3.05) is 26.2 Å². The van der Waals surface area contributed by atoms with Crippen molar-refractivity contribution in [3.8, 4) is 16.9 Å². The molecule has 6 heteroatoms. The first-order valence-electron chi connectivity index (χ1n) is 9.14. The van der Waals surface area contributed by atoms with Gasteiger partial charge in [0.05, 0.1) is 35.7 Å². The second-order valence-corrected chi connectivity index (χ2v) is 6.78. The molecule has 6 nitrogen and oxygen atoms in total. The fourth-order valence-electron chi connectivity index (χ4n) is 3.21. The monoisotopic (exact) mass is 348 g/mol. The summed E-state index contributed by atoms with van der Waals surface area (Å²) in [5, 5.41) is 7.77. The maximum absolute atomic E-state index is 4.62. The van der Waals surface area contributed by atoms with Gasteiger partial charge >= 0.3 is 0 Å². The van der Waals surface area contributed by atoms with Crippen LogP contribution in [0.3, 0.4) is 0 Å². The maximum Gasteiger partial charge on any atom is 0.0885 e. The van der Waals surface area contributed by atoms with Gasteiger partial charge in [-0.05, 0) is 44.1 Å². The summed E-state index contributed by atoms with van der Waals surface area (Å²) in [4.78, 5) is 11.7. The molecule has 26 heavy (non-hydrogen) atoms. The predicted octanol–water partition coefficient (Wildman–Crippen LogP) is 2.43. The van der Waals surface area contributed by atoms with Crippen molar-refractivity contribution in [3.05, 3.63) is 60.3 Å². The first-order valence-corrected chi connectivity index (χ1v) is 9.14. The van der Waals surface area contributed by atoms with Gasteiger partial charge in [0.1, 0.15) is 0 Å². The van der Waals surface area contributed by atoms with Gasteiger partial charge in [0.15, 0.2) is 0 Å². The van der Waals surface area contributed by atoms with Crippen LogP contribution in [0.25, 0.3) is 16.9 Å². The van der Waals surface area contributed by atoms with Crippen LogP contribution < -0.4 is 5.32 Å². The topological polar surface area (TPSA) is 58.9 Å². The molecule has 2 aromatic heterocycles. The van der Waals surface area contributed by atoms with E-state index < -0.39 is 0 Å². The van der Waals surface area contributed by atoms with Crippen LogP contribution in [0.4, 0.5) is 0 Å². The molecule has 134 valence electrons. The third-order valence-electron chi connectivity index (χ3n) is 4.66. The van der Waals surface area contributed by atoms with E-state index in [2.05, 4.69) is 49.5 Å². The molecular formula is C20H24N6. The minimum absolute atomic E-state index is 0.868. The van der Waals surface area contributed by atoms with Gasteiger partial charge in [-0.15, -0.1) is 0 Å². The molecule has 3 heterocycles. The van der Waals surface area contributed by atoms with Crippen LogP contribution >= 0.6 is 0 Å². The maximum atomic E-state index is 4.62. The SMILES string of the molecule is Cc1cnn(-c2ccc(-c3cnc(CN4CCCNCC4)cn3)cc2)c1. The Morgan fingerprint density at radius 3 is 2.62 bits per heavy atom. The van der Waals surface area contributed by atoms with E-state index in [1.165, 1.54) is 6.42 Å². The van der Waals surface area contributed by atoms with E-state index in [4.69, 9.17) is 0 Å². The fraction of sp³-hybridized carbons (Fsp3) is 0.350. The van der Waals surface area contributed by atoms with Crippen molar-refractivity contribution in [3.63, 3.8) is 0 Å². The molecule has 1 aromatic carbocycles. The first kappa shape index (κ1) is 16.9. The van der Waals surface area contributed by atoms with Crippen molar-refractivity contribution in [2.45, 2.75) is 19.9 Å². The molecule has 0 radical (unpaired) electrons. The number of nitrogens with one attached hydrogen (secondary N) is 1. The second kappa shape index (κ2) is 7.76. The first-order chi connectivity index (χ1) is 12.8. The summed E-state index contributed by atoms with van der Waals surface area (Å²) >= 11 is 0. The summed E-state index contributed by atoms with van der Waals surface area (Å²) in [6, 6.07) is 8.25. The van der Waals surface area contributed by atoms with Crippen molar-refractivity contribution < 1.29 is 0 Å². The molecule has 3 aromatic rings. The minimum atomic E-state index is 0.868. The zero-order chi connectivity index (χ0) is 17.8. The highest BCUT2D eigenvalue weighted by Gasteiger charge is 2.10. The van der Waals surface area contributed by atoms with Crippen LogP contribution in [0.5, 0.6) is 0 Å². The number of benzene rings is 1. The van der Waals surface area contributed by atoms with E-state index in [0.717, 1.165) is 60.9 Å². The molecule has 4 rings (SSSR count). The predicted molar refractivity (Wildman–Crippen MR) is 102 cm³/mol. The third kappa shape index (κ3) is 3.98. The molecular weight excluding hydrogens is 324 g/mol. The molecule has 1 aliphatic rings. The van der Waals surface area contributed by atoms with Gasteiger partial charge in [0.2, 0.25) is 0 Å². The van der Waals surface area contributed by atoms with Gasteiger partial charge < -0.3 is 5.32 Å². The second-order valence-electron chi connectivity index (χ2n) is 6.78. The normalized spacial score (nSPS) is 15.7. The molecule has 1 saturated heterocycles. The van der Waals surface area contributed by atoms with Crippen LogP contribution in [0.2, 0.25) is 0 Å². The number of nitrogens with zero attached hydrogens (tertiary/aromatic N) is 5. The smallest absolute Gasteiger partial charge is 0.0885 e. The Morgan fingerprint density at radius 1 is 1.00 bits per heavy atom. The molecule has 0 unspecified atom stereocenters. The van der Waals surface area contributed by atoms with Gasteiger partial charge in [-0.25, -0.2) is 4.68 Å². The van der Waals surface area contributed by atoms with Crippen LogP contribution in [0.1, 0.15) is 17.7 Å². The minimum Gasteiger partial charge on any atom is -0.315 e. The number of hydrogen-bond acceptors (Lipinski definition) is 5. The Balaban J connectivity index is 1.44. The molecule has 1 N–H and O–H groups in total. The number of aromatic nitrogens is 4. The zero-order valence-corrected chi connectivity index (χ0v) is 15.1. The van der Waals surface area contributed by atoms with E-state index in [1.54, 1.807) is 0 Å². The summed E-state index contributed by atoms with van der Waals surface area (Å²) in [5.41, 5.74) is 5.18. The molecule has 0 aliphatic carbocycles. The molecule has 1 fully saturated rings. The molecule has 0 bridgehead atoms. The average molecular weight is 348 g/mol. The Hall–Kier alpha value is -2.57. The summed E-state index contributed by atoms with van der Waals surface area (Å²) in [5.74, 6) is 0. The van der Waals surface area contributed by atoms with Crippen LogP contribution in [0.15, 0.2) is 49.1 Å². The van der Waals surface area contributed by atoms with E-state index in [0.29, 0.717) is 0 Å². The number of hydrogen-bond donors (Lipinski definition) is 1. The number of aryl methyl sites for hydroxylation is 1. The summed E-state index contributed by atoms with van der Waals surface area (Å²) in [7, 11) is 0. The lowest BCUT2D eigenvalue weighted by Gasteiger charge is -2.18. The molecule has 0 atom stereocenters. The lowest BCUT2D eigenvalue weighted by Crippen LogP contribution is -2.28. The van der Waals surface area contributed by atoms with E-state index in [9.17, 15) is 0 Å². The third-order valence-corrected chi connectivity index (χ3v) is 4.66. The van der Waals surface area contributed by atoms with Crippen molar-refractivity contribution in [1.29, 1.82) is 0 Å². The molecule has 1 aliphatic heterocycles. The van der Waals surface area contributed by atoms with Crippen LogP contribution in [-0.4, -0.2) is 50.8 Å². The lowest BCUT2D eigenvalue weighted by atomic mass is 10.1. The summed E-state index contributed by atoms with van der Waals surface area (Å²) in [6.07, 6.45) is 8.84. The molecule has 0 amide bonds. The van der Waals surface area contributed by atoms with Gasteiger partial charge in [-0.1, -0.05) is 12.1 Å². The lowest BCUT2D eigenvalue weighted by molar-refractivity contribution is 0.280. The Labute approximate surface area is 153 Å². The van der Waals surface area contributed by atoms with Crippen LogP contribution in [-0.2, 0) is 6.54 Å². The average Bonchev–Trinajstić information content (AvgIpc) is 2.95. The Kier molecular flexibility index (Phi) is 5.04. The standard InChI is InChI=1S/C20H24N6/c1-16-11-24-26(14-16)19-5-3-17(4-6-19)20-13-22-18(12-23-20)15-25-9-2-7-21-8-10-25/h3-6,11-14,21H,2,7-10,15H2,1H3. The largest absolute Gasteiger partial charge is 0.315 e. The quantitative estimate of drug-likeness (QED) is 0.785. The van der Waals surface area contributed by atoms with E-state index in [1.807, 2.05) is 36.4 Å². The highest BCUT2D eigenvalue weighted by Crippen LogP contribution is 2.19. The highest BCUT2D eigenvalue weighted by molar-refractivity contribution is 5.59. The van der Waals surface area contributed by atoms with Crippen LogP contribution in [0, 0.1) is 6.92 Å². The fourth-order valence-corrected chi connectivity index (χ4v) is 3.21. The van der Waals surface area contributed by atoms with E-state index in [-0.39, 0.29) is 0 Å². The summed E-state index contributed by atoms with van der Waals surface area (Å²) in [6.45, 7) is 7.25. The van der Waals surface area contributed by atoms with Crippen molar-refractivity contribution >= 4 is 0 Å². The highest BCUT2D eigenvalue weighted by atomic mass is 15.3. The molecule has 0 saturated carbocycles.